The van der Waals surface area contributed by atoms with Crippen molar-refractivity contribution in [2.75, 3.05) is 0 Å². The number of fused-ring (bicyclic) bond motifs is 1. The Morgan fingerprint density at radius 3 is 2.50 bits per heavy atom. The second-order valence-corrected chi connectivity index (χ2v) is 12.8. The molecule has 3 nitrogen and oxygen atoms in total. The van der Waals surface area contributed by atoms with Gasteiger partial charge in [0.05, 0.1) is 12.5 Å². The zero-order valence-corrected chi connectivity index (χ0v) is 14.4. The fourth-order valence-corrected chi connectivity index (χ4v) is 4.88. The van der Waals surface area contributed by atoms with Crippen LogP contribution in [0.4, 0.5) is 0 Å². The summed E-state index contributed by atoms with van der Waals surface area (Å²) in [5.41, 5.74) is 0. The summed E-state index contributed by atoms with van der Waals surface area (Å²) in [5.74, 6) is 0.243. The molecule has 2 aliphatic rings. The molecule has 0 unspecified atom stereocenters. The Morgan fingerprint density at radius 2 is 2.00 bits per heavy atom. The molecule has 0 aromatic heterocycles. The largest absolute Gasteiger partial charge is 0.462 e. The third kappa shape index (κ3) is 2.54. The van der Waals surface area contributed by atoms with Crippen LogP contribution in [0, 0.1) is 5.92 Å². The third-order valence-corrected chi connectivity index (χ3v) is 10.4. The summed E-state index contributed by atoms with van der Waals surface area (Å²) in [7, 11) is -1.75. The first-order valence-corrected chi connectivity index (χ1v) is 10.5. The lowest BCUT2D eigenvalue weighted by molar-refractivity contribution is -0.141. The van der Waals surface area contributed by atoms with E-state index in [4.69, 9.17) is 9.16 Å². The second-order valence-electron chi connectivity index (χ2n) is 6.99. The Kier molecular flexibility index (Phi) is 3.71. The van der Waals surface area contributed by atoms with E-state index in [-0.39, 0.29) is 28.0 Å². The predicted molar refractivity (Wildman–Crippen MR) is 77.4 cm³/mol. The predicted octanol–water partition coefficient (Wildman–Crippen LogP) is 3.48. The molecule has 2 fully saturated rings. The normalized spacial score (nSPS) is 36.7. The topological polar surface area (TPSA) is 35.5 Å². The van der Waals surface area contributed by atoms with Gasteiger partial charge in [0.25, 0.3) is 0 Å². The molecule has 1 saturated carbocycles. The lowest BCUT2D eigenvalue weighted by Gasteiger charge is -2.39. The summed E-state index contributed by atoms with van der Waals surface area (Å²) in [6, 6.07) is 0. The molecule has 0 aromatic carbocycles. The molecule has 5 heteroatoms. The lowest BCUT2D eigenvalue weighted by Crippen LogP contribution is -2.45. The van der Waals surface area contributed by atoms with Crippen molar-refractivity contribution in [3.63, 3.8) is 0 Å². The average molecular weight is 335 g/mol. The quantitative estimate of drug-likeness (QED) is 0.440. The summed E-state index contributed by atoms with van der Waals surface area (Å²) >= 11 is 3.72. The highest BCUT2D eigenvalue weighted by Crippen LogP contribution is 2.46. The number of rotatable bonds is 2. The van der Waals surface area contributed by atoms with Crippen LogP contribution in [-0.4, -0.2) is 31.3 Å². The molecule has 4 atom stereocenters. The minimum atomic E-state index is -1.75. The van der Waals surface area contributed by atoms with Gasteiger partial charge in [0, 0.05) is 17.2 Å². The first-order chi connectivity index (χ1) is 8.12. The van der Waals surface area contributed by atoms with Gasteiger partial charge in [-0.2, -0.15) is 0 Å². The van der Waals surface area contributed by atoms with Crippen LogP contribution >= 0.6 is 15.9 Å². The van der Waals surface area contributed by atoms with E-state index in [2.05, 4.69) is 49.8 Å². The van der Waals surface area contributed by atoms with E-state index in [0.29, 0.717) is 12.3 Å². The number of alkyl halides is 1. The van der Waals surface area contributed by atoms with Crippen molar-refractivity contribution in [2.24, 2.45) is 5.92 Å². The number of ether oxygens (including phenoxy) is 1. The van der Waals surface area contributed by atoms with Crippen LogP contribution in [0.25, 0.3) is 0 Å². The van der Waals surface area contributed by atoms with Crippen molar-refractivity contribution in [3.05, 3.63) is 0 Å². The van der Waals surface area contributed by atoms with Crippen molar-refractivity contribution in [2.45, 2.75) is 68.8 Å². The number of carbonyl (C=O) groups is 1. The van der Waals surface area contributed by atoms with E-state index >= 15 is 0 Å². The Balaban J connectivity index is 2.03. The highest BCUT2D eigenvalue weighted by molar-refractivity contribution is 9.09. The van der Waals surface area contributed by atoms with E-state index < -0.39 is 8.32 Å². The maximum absolute atomic E-state index is 11.3. The van der Waals surface area contributed by atoms with Gasteiger partial charge in [0.15, 0.2) is 8.32 Å². The van der Waals surface area contributed by atoms with Crippen LogP contribution in [-0.2, 0) is 14.0 Å². The number of hydrogen-bond acceptors (Lipinski definition) is 3. The molecule has 1 heterocycles. The average Bonchev–Trinajstić information content (AvgIpc) is 2.65. The summed E-state index contributed by atoms with van der Waals surface area (Å²) in [6.07, 6.45) is 1.64. The van der Waals surface area contributed by atoms with Gasteiger partial charge in [-0.3, -0.25) is 4.79 Å². The highest BCUT2D eigenvalue weighted by atomic mass is 79.9. The van der Waals surface area contributed by atoms with Crippen molar-refractivity contribution in [3.8, 4) is 0 Å². The Hall–Kier alpha value is 0.127. The van der Waals surface area contributed by atoms with E-state index in [9.17, 15) is 4.79 Å². The van der Waals surface area contributed by atoms with E-state index in [1.807, 2.05) is 0 Å². The van der Waals surface area contributed by atoms with Crippen LogP contribution in [0.1, 0.15) is 33.6 Å². The molecule has 0 aromatic rings. The van der Waals surface area contributed by atoms with Gasteiger partial charge >= 0.3 is 5.97 Å². The minimum absolute atomic E-state index is 0.0553. The van der Waals surface area contributed by atoms with Crippen molar-refractivity contribution in [1.29, 1.82) is 0 Å². The molecule has 18 heavy (non-hydrogen) atoms. The fraction of sp³-hybridized carbons (Fsp3) is 0.923. The van der Waals surface area contributed by atoms with Gasteiger partial charge in [-0.25, -0.2) is 0 Å². The Bertz CT molecular complexity index is 351. The van der Waals surface area contributed by atoms with Gasteiger partial charge in [-0.15, -0.1) is 0 Å². The second kappa shape index (κ2) is 4.60. The summed E-state index contributed by atoms with van der Waals surface area (Å²) in [6.45, 7) is 11.3. The van der Waals surface area contributed by atoms with E-state index in [1.165, 1.54) is 0 Å². The fourth-order valence-electron chi connectivity index (χ4n) is 2.47. The van der Waals surface area contributed by atoms with Gasteiger partial charge in [0.1, 0.15) is 6.10 Å². The molecule has 0 amide bonds. The zero-order chi connectivity index (χ0) is 13.7. The number of esters is 1. The SMILES string of the molecule is CC(C)(C)[Si](C)(C)O[C@H]1C[C@H]2OC(=O)C[C@H]2[C@@H]1Br. The monoisotopic (exact) mass is 334 g/mol. The molecule has 2 rings (SSSR count). The molecular weight excluding hydrogens is 312 g/mol. The molecule has 1 saturated heterocycles. The maximum Gasteiger partial charge on any atom is 0.306 e. The molecule has 104 valence electrons. The molecule has 1 aliphatic heterocycles. The third-order valence-electron chi connectivity index (χ3n) is 4.64. The summed E-state index contributed by atoms with van der Waals surface area (Å²) in [4.78, 5) is 11.5. The molecule has 0 spiro atoms. The van der Waals surface area contributed by atoms with Crippen LogP contribution in [0.3, 0.4) is 0 Å². The van der Waals surface area contributed by atoms with E-state index in [1.54, 1.807) is 0 Å². The van der Waals surface area contributed by atoms with Gasteiger partial charge in [0.2, 0.25) is 0 Å². The van der Waals surface area contributed by atoms with Gasteiger partial charge in [-0.05, 0) is 18.1 Å². The standard InChI is InChI=1S/C13H23BrO3Si/c1-13(2,3)18(4,5)17-10-7-9-8(12(10)14)6-11(15)16-9/h8-10,12H,6-7H2,1-5H3/t8-,9-,10+,12+/m1/s1. The van der Waals surface area contributed by atoms with Gasteiger partial charge in [-0.1, -0.05) is 36.7 Å². The Labute approximate surface area is 119 Å². The molecule has 0 radical (unpaired) electrons. The lowest BCUT2D eigenvalue weighted by atomic mass is 10.1. The highest BCUT2D eigenvalue weighted by Gasteiger charge is 2.52. The van der Waals surface area contributed by atoms with Crippen LogP contribution in [0.5, 0.6) is 0 Å². The van der Waals surface area contributed by atoms with Crippen molar-refractivity contribution >= 4 is 30.2 Å². The summed E-state index contributed by atoms with van der Waals surface area (Å²) in [5, 5.41) is 0.216. The molecular formula is C13H23BrO3Si. The van der Waals surface area contributed by atoms with Crippen LogP contribution in [0.15, 0.2) is 0 Å². The van der Waals surface area contributed by atoms with Crippen LogP contribution in [0.2, 0.25) is 18.1 Å². The van der Waals surface area contributed by atoms with Crippen molar-refractivity contribution < 1.29 is 14.0 Å². The molecule has 0 N–H and O–H groups in total. The number of halogens is 1. The Morgan fingerprint density at radius 1 is 1.39 bits per heavy atom. The molecule has 0 bridgehead atoms. The first kappa shape index (κ1) is 14.5. The maximum atomic E-state index is 11.3. The molecule has 1 aliphatic carbocycles. The number of carbonyl (C=O) groups excluding carboxylic acids is 1. The van der Waals surface area contributed by atoms with E-state index in [0.717, 1.165) is 6.42 Å². The van der Waals surface area contributed by atoms with Crippen molar-refractivity contribution in [1.82, 2.24) is 0 Å². The minimum Gasteiger partial charge on any atom is -0.462 e. The number of hydrogen-bond donors (Lipinski definition) is 0. The summed E-state index contributed by atoms with van der Waals surface area (Å²) < 4.78 is 11.8. The van der Waals surface area contributed by atoms with Crippen LogP contribution < -0.4 is 0 Å². The smallest absolute Gasteiger partial charge is 0.306 e. The van der Waals surface area contributed by atoms with Gasteiger partial charge < -0.3 is 9.16 Å². The zero-order valence-electron chi connectivity index (χ0n) is 11.8. The first-order valence-electron chi connectivity index (χ1n) is 6.63.